The molecular weight excluding hydrogens is 274 g/mol. The second-order valence-electron chi connectivity index (χ2n) is 4.73. The minimum Gasteiger partial charge on any atom is -0.548 e. The van der Waals surface area contributed by atoms with E-state index in [0.717, 1.165) is 0 Å². The summed E-state index contributed by atoms with van der Waals surface area (Å²) in [7, 11) is 0. The highest BCUT2D eigenvalue weighted by Crippen LogP contribution is 2.07. The van der Waals surface area contributed by atoms with Gasteiger partial charge in [-0.15, -0.1) is 0 Å². The van der Waals surface area contributed by atoms with Crippen LogP contribution in [0.25, 0.3) is 0 Å². The number of rotatable bonds is 8. The molecule has 9 nitrogen and oxygen atoms in total. The molecule has 0 aliphatic heterocycles. The molecule has 5 atom stereocenters. The molecular formula is C11H20NO8-. The normalized spacial score (nSPS) is 19.0. The lowest BCUT2D eigenvalue weighted by Crippen LogP contribution is -2.57. The zero-order valence-electron chi connectivity index (χ0n) is 11.1. The highest BCUT2D eigenvalue weighted by molar-refractivity contribution is 5.86. The molecule has 0 heterocycles. The standard InChI is InChI=1S/C11H21NO8/c1-4(2)6(11(19)20)12-10(18)9(17)8(16)7(15)5(14)3-13/h4-9,13-17H,3H2,1-2H3,(H,12,18)(H,19,20)/p-1/t5-,6+,7-,8-,9+/m1/s1. The Morgan fingerprint density at radius 2 is 1.60 bits per heavy atom. The Balaban J connectivity index is 4.72. The molecule has 0 aliphatic carbocycles. The van der Waals surface area contributed by atoms with Gasteiger partial charge < -0.3 is 40.8 Å². The largest absolute Gasteiger partial charge is 0.548 e. The monoisotopic (exact) mass is 294 g/mol. The van der Waals surface area contributed by atoms with Crippen molar-refractivity contribution in [2.75, 3.05) is 6.61 Å². The average Bonchev–Trinajstić information content (AvgIpc) is 2.39. The molecule has 0 aliphatic rings. The summed E-state index contributed by atoms with van der Waals surface area (Å²) in [5.41, 5.74) is 0. The number of carbonyl (C=O) groups excluding carboxylic acids is 2. The first-order chi connectivity index (χ1) is 9.13. The minimum absolute atomic E-state index is 0.527. The predicted molar refractivity (Wildman–Crippen MR) is 62.9 cm³/mol. The fraction of sp³-hybridized carbons (Fsp3) is 0.818. The van der Waals surface area contributed by atoms with Crippen molar-refractivity contribution in [2.45, 2.75) is 44.3 Å². The van der Waals surface area contributed by atoms with Crippen molar-refractivity contribution >= 4 is 11.9 Å². The number of aliphatic carboxylic acids is 1. The van der Waals surface area contributed by atoms with Gasteiger partial charge in [0.25, 0.3) is 5.91 Å². The predicted octanol–water partition coefficient (Wildman–Crippen LogP) is -4.69. The van der Waals surface area contributed by atoms with Crippen LogP contribution in [-0.2, 0) is 9.59 Å². The Hall–Kier alpha value is -1.26. The Morgan fingerprint density at radius 1 is 1.10 bits per heavy atom. The molecule has 0 radical (unpaired) electrons. The fourth-order valence-electron chi connectivity index (χ4n) is 1.41. The Kier molecular flexibility index (Phi) is 7.61. The SMILES string of the molecule is CC(C)[C@H](NC(=O)[C@@H](O)[C@H](O)[C@H](O)[C@H](O)CO)C(=O)[O-]. The van der Waals surface area contributed by atoms with Crippen molar-refractivity contribution in [2.24, 2.45) is 5.92 Å². The lowest BCUT2D eigenvalue weighted by molar-refractivity contribution is -0.309. The van der Waals surface area contributed by atoms with Crippen LogP contribution in [-0.4, -0.2) is 74.5 Å². The van der Waals surface area contributed by atoms with Gasteiger partial charge in [0.1, 0.15) is 18.3 Å². The number of nitrogens with one attached hydrogen (secondary N) is 1. The maximum atomic E-state index is 11.6. The van der Waals surface area contributed by atoms with Gasteiger partial charge in [-0.2, -0.15) is 0 Å². The van der Waals surface area contributed by atoms with Gasteiger partial charge in [-0.05, 0) is 5.92 Å². The van der Waals surface area contributed by atoms with Crippen LogP contribution < -0.4 is 10.4 Å². The second kappa shape index (κ2) is 8.12. The van der Waals surface area contributed by atoms with Gasteiger partial charge in [-0.1, -0.05) is 13.8 Å². The van der Waals surface area contributed by atoms with Crippen molar-refractivity contribution in [1.29, 1.82) is 0 Å². The fourth-order valence-corrected chi connectivity index (χ4v) is 1.41. The quantitative estimate of drug-likeness (QED) is 0.259. The molecule has 0 rings (SSSR count). The van der Waals surface area contributed by atoms with E-state index < -0.39 is 54.9 Å². The number of hydrogen-bond donors (Lipinski definition) is 6. The topological polar surface area (TPSA) is 170 Å². The first-order valence-electron chi connectivity index (χ1n) is 5.97. The highest BCUT2D eigenvalue weighted by atomic mass is 16.4. The van der Waals surface area contributed by atoms with Crippen molar-refractivity contribution in [3.8, 4) is 0 Å². The van der Waals surface area contributed by atoms with E-state index >= 15 is 0 Å². The number of hydrogen-bond acceptors (Lipinski definition) is 8. The minimum atomic E-state index is -2.17. The number of amides is 1. The zero-order valence-corrected chi connectivity index (χ0v) is 11.1. The van der Waals surface area contributed by atoms with Crippen molar-refractivity contribution in [3.05, 3.63) is 0 Å². The van der Waals surface area contributed by atoms with Crippen LogP contribution >= 0.6 is 0 Å². The van der Waals surface area contributed by atoms with Crippen LogP contribution in [0.1, 0.15) is 13.8 Å². The lowest BCUT2D eigenvalue weighted by Gasteiger charge is -2.28. The molecule has 118 valence electrons. The van der Waals surface area contributed by atoms with Gasteiger partial charge in [-0.25, -0.2) is 0 Å². The Bertz CT molecular complexity index is 334. The molecule has 20 heavy (non-hydrogen) atoms. The molecule has 0 fully saturated rings. The van der Waals surface area contributed by atoms with E-state index in [1.165, 1.54) is 13.8 Å². The van der Waals surface area contributed by atoms with Gasteiger partial charge in [0.15, 0.2) is 6.10 Å². The smallest absolute Gasteiger partial charge is 0.252 e. The molecule has 0 saturated carbocycles. The van der Waals surface area contributed by atoms with Gasteiger partial charge >= 0.3 is 0 Å². The molecule has 0 aromatic heterocycles. The van der Waals surface area contributed by atoms with E-state index in [1.807, 2.05) is 5.32 Å². The average molecular weight is 294 g/mol. The molecule has 0 aromatic carbocycles. The van der Waals surface area contributed by atoms with E-state index in [1.54, 1.807) is 0 Å². The number of carboxylic acids is 1. The van der Waals surface area contributed by atoms with E-state index in [-0.39, 0.29) is 0 Å². The van der Waals surface area contributed by atoms with E-state index in [9.17, 15) is 30.0 Å². The lowest BCUT2D eigenvalue weighted by atomic mass is 10.0. The summed E-state index contributed by atoms with van der Waals surface area (Å²) in [5, 5.41) is 58.6. The van der Waals surface area contributed by atoms with Crippen LogP contribution in [0.3, 0.4) is 0 Å². The van der Waals surface area contributed by atoms with Gasteiger partial charge in [0, 0.05) is 0 Å². The van der Waals surface area contributed by atoms with Gasteiger partial charge in [0.2, 0.25) is 0 Å². The Morgan fingerprint density at radius 3 is 1.95 bits per heavy atom. The summed E-state index contributed by atoms with van der Waals surface area (Å²) in [6, 6.07) is -1.38. The number of carbonyl (C=O) groups is 2. The van der Waals surface area contributed by atoms with E-state index in [0.29, 0.717) is 0 Å². The van der Waals surface area contributed by atoms with Crippen LogP contribution in [0, 0.1) is 5.92 Å². The Labute approximate surface area is 115 Å². The molecule has 0 unspecified atom stereocenters. The number of aliphatic hydroxyl groups is 5. The molecule has 0 saturated heterocycles. The number of aliphatic hydroxyl groups excluding tert-OH is 5. The van der Waals surface area contributed by atoms with E-state index in [4.69, 9.17) is 10.2 Å². The maximum absolute atomic E-state index is 11.6. The van der Waals surface area contributed by atoms with Crippen molar-refractivity contribution < 1.29 is 40.2 Å². The summed E-state index contributed by atoms with van der Waals surface area (Å²) in [5.74, 6) is -3.34. The summed E-state index contributed by atoms with van der Waals surface area (Å²) in [4.78, 5) is 22.3. The molecule has 0 bridgehead atoms. The second-order valence-corrected chi connectivity index (χ2v) is 4.73. The summed E-state index contributed by atoms with van der Waals surface area (Å²) in [6.07, 6.45) is -7.99. The third-order valence-corrected chi connectivity index (χ3v) is 2.74. The molecule has 1 amide bonds. The summed E-state index contributed by atoms with van der Waals surface area (Å²) < 4.78 is 0. The molecule has 6 N–H and O–H groups in total. The number of carboxylic acid groups (broad SMARTS) is 1. The van der Waals surface area contributed by atoms with Crippen LogP contribution in [0.15, 0.2) is 0 Å². The molecule has 0 aromatic rings. The summed E-state index contributed by atoms with van der Waals surface area (Å²) >= 11 is 0. The van der Waals surface area contributed by atoms with Gasteiger partial charge in [0.05, 0.1) is 18.6 Å². The summed E-state index contributed by atoms with van der Waals surface area (Å²) in [6.45, 7) is 2.10. The highest BCUT2D eigenvalue weighted by Gasteiger charge is 2.35. The molecule has 9 heteroatoms. The molecule has 0 spiro atoms. The first kappa shape index (κ1) is 18.7. The van der Waals surface area contributed by atoms with E-state index in [2.05, 4.69) is 0 Å². The zero-order chi connectivity index (χ0) is 16.0. The van der Waals surface area contributed by atoms with Crippen molar-refractivity contribution in [3.63, 3.8) is 0 Å². The maximum Gasteiger partial charge on any atom is 0.252 e. The first-order valence-corrected chi connectivity index (χ1v) is 5.97. The van der Waals surface area contributed by atoms with Gasteiger partial charge in [-0.3, -0.25) is 4.79 Å². The van der Waals surface area contributed by atoms with Crippen LogP contribution in [0.5, 0.6) is 0 Å². The third kappa shape index (κ3) is 5.02. The third-order valence-electron chi connectivity index (χ3n) is 2.74. The van der Waals surface area contributed by atoms with Crippen molar-refractivity contribution in [1.82, 2.24) is 5.32 Å². The van der Waals surface area contributed by atoms with Crippen LogP contribution in [0.2, 0.25) is 0 Å². The van der Waals surface area contributed by atoms with Crippen LogP contribution in [0.4, 0.5) is 0 Å².